The summed E-state index contributed by atoms with van der Waals surface area (Å²) in [5.74, 6) is 0.611. The maximum absolute atomic E-state index is 11.2. The minimum Gasteiger partial charge on any atom is -0.496 e. The number of rotatable bonds is 4. The summed E-state index contributed by atoms with van der Waals surface area (Å²) >= 11 is 0. The second-order valence-electron chi connectivity index (χ2n) is 4.16. The summed E-state index contributed by atoms with van der Waals surface area (Å²) in [6.45, 7) is 1.45. The largest absolute Gasteiger partial charge is 0.496 e. The molecular formula is C13H17NO4. The Kier molecular flexibility index (Phi) is 4.04. The van der Waals surface area contributed by atoms with Crippen LogP contribution in [0.5, 0.6) is 11.5 Å². The standard InChI is InChI=1S/C13H17NO4/c1-16-12-8-10(2-3-11(12)13(14)15)18-9-4-6-17-7-5-9/h2-3,8-9H,4-7H2,1H3,(H2,14,15). The highest BCUT2D eigenvalue weighted by Crippen LogP contribution is 2.26. The lowest BCUT2D eigenvalue weighted by Gasteiger charge is -2.23. The van der Waals surface area contributed by atoms with E-state index < -0.39 is 5.91 Å². The maximum atomic E-state index is 11.2. The fourth-order valence-electron chi connectivity index (χ4n) is 1.93. The van der Waals surface area contributed by atoms with Crippen LogP contribution in [0.4, 0.5) is 0 Å². The minimum absolute atomic E-state index is 0.155. The molecule has 1 fully saturated rings. The molecule has 1 heterocycles. The van der Waals surface area contributed by atoms with Crippen LogP contribution in [0.1, 0.15) is 23.2 Å². The average Bonchev–Trinajstić information content (AvgIpc) is 2.39. The molecule has 5 nitrogen and oxygen atoms in total. The van der Waals surface area contributed by atoms with E-state index in [2.05, 4.69) is 0 Å². The van der Waals surface area contributed by atoms with Crippen molar-refractivity contribution < 1.29 is 19.0 Å². The number of ether oxygens (including phenoxy) is 3. The summed E-state index contributed by atoms with van der Waals surface area (Å²) in [7, 11) is 1.50. The van der Waals surface area contributed by atoms with Gasteiger partial charge < -0.3 is 19.9 Å². The van der Waals surface area contributed by atoms with Crippen molar-refractivity contribution in [3.05, 3.63) is 23.8 Å². The van der Waals surface area contributed by atoms with Gasteiger partial charge in [0.15, 0.2) is 0 Å². The van der Waals surface area contributed by atoms with Gasteiger partial charge in [0.2, 0.25) is 0 Å². The molecule has 1 aliphatic rings. The first-order chi connectivity index (χ1) is 8.70. The molecule has 0 atom stereocenters. The Morgan fingerprint density at radius 1 is 1.39 bits per heavy atom. The molecule has 0 aromatic heterocycles. The van der Waals surface area contributed by atoms with Crippen LogP contribution >= 0.6 is 0 Å². The smallest absolute Gasteiger partial charge is 0.252 e. The van der Waals surface area contributed by atoms with E-state index in [1.54, 1.807) is 18.2 Å². The Morgan fingerprint density at radius 2 is 2.11 bits per heavy atom. The first-order valence-corrected chi connectivity index (χ1v) is 5.93. The second kappa shape index (κ2) is 5.73. The first-order valence-electron chi connectivity index (χ1n) is 5.93. The number of carbonyl (C=O) groups is 1. The molecule has 5 heteroatoms. The SMILES string of the molecule is COc1cc(OC2CCOCC2)ccc1C(N)=O. The Labute approximate surface area is 106 Å². The quantitative estimate of drug-likeness (QED) is 0.877. The van der Waals surface area contributed by atoms with E-state index in [1.165, 1.54) is 7.11 Å². The number of primary amides is 1. The Balaban J connectivity index is 2.11. The predicted molar refractivity (Wildman–Crippen MR) is 66.0 cm³/mol. The maximum Gasteiger partial charge on any atom is 0.252 e. The highest BCUT2D eigenvalue weighted by atomic mass is 16.5. The van der Waals surface area contributed by atoms with Crippen molar-refractivity contribution in [3.8, 4) is 11.5 Å². The number of nitrogens with two attached hydrogens (primary N) is 1. The zero-order valence-electron chi connectivity index (χ0n) is 10.3. The summed E-state index contributed by atoms with van der Waals surface area (Å²) in [6.07, 6.45) is 1.91. The molecule has 98 valence electrons. The van der Waals surface area contributed by atoms with Crippen LogP contribution in [0, 0.1) is 0 Å². The monoisotopic (exact) mass is 251 g/mol. The van der Waals surface area contributed by atoms with Gasteiger partial charge in [0.25, 0.3) is 5.91 Å². The van der Waals surface area contributed by atoms with Gasteiger partial charge in [-0.15, -0.1) is 0 Å². The van der Waals surface area contributed by atoms with Crippen LogP contribution in [0.3, 0.4) is 0 Å². The van der Waals surface area contributed by atoms with Crippen LogP contribution in [0.25, 0.3) is 0 Å². The van der Waals surface area contributed by atoms with Crippen molar-refractivity contribution in [2.45, 2.75) is 18.9 Å². The fourth-order valence-corrected chi connectivity index (χ4v) is 1.93. The van der Waals surface area contributed by atoms with Gasteiger partial charge in [-0.3, -0.25) is 4.79 Å². The molecular weight excluding hydrogens is 234 g/mol. The zero-order chi connectivity index (χ0) is 13.0. The predicted octanol–water partition coefficient (Wildman–Crippen LogP) is 1.35. The molecule has 0 spiro atoms. The first kappa shape index (κ1) is 12.7. The van der Waals surface area contributed by atoms with Gasteiger partial charge >= 0.3 is 0 Å². The lowest BCUT2D eigenvalue weighted by atomic mass is 10.1. The van der Waals surface area contributed by atoms with Gasteiger partial charge in [0.05, 0.1) is 25.9 Å². The Bertz CT molecular complexity index is 427. The van der Waals surface area contributed by atoms with Crippen LogP contribution in [-0.4, -0.2) is 32.3 Å². The number of methoxy groups -OCH3 is 1. The van der Waals surface area contributed by atoms with Crippen molar-refractivity contribution in [3.63, 3.8) is 0 Å². The highest BCUT2D eigenvalue weighted by Gasteiger charge is 2.16. The van der Waals surface area contributed by atoms with Crippen LogP contribution in [-0.2, 0) is 4.74 Å². The Hall–Kier alpha value is -1.75. The molecule has 0 radical (unpaired) electrons. The summed E-state index contributed by atoms with van der Waals surface area (Å²) in [6, 6.07) is 5.05. The third-order valence-electron chi connectivity index (χ3n) is 2.91. The second-order valence-corrected chi connectivity index (χ2v) is 4.16. The lowest BCUT2D eigenvalue weighted by molar-refractivity contribution is 0.0255. The van der Waals surface area contributed by atoms with E-state index in [-0.39, 0.29) is 6.10 Å². The van der Waals surface area contributed by atoms with Gasteiger partial charge in [0.1, 0.15) is 17.6 Å². The molecule has 1 saturated heterocycles. The molecule has 1 aliphatic heterocycles. The number of carbonyl (C=O) groups excluding carboxylic acids is 1. The molecule has 1 aromatic carbocycles. The topological polar surface area (TPSA) is 70.8 Å². The Morgan fingerprint density at radius 3 is 2.72 bits per heavy atom. The van der Waals surface area contributed by atoms with E-state index in [9.17, 15) is 4.79 Å². The van der Waals surface area contributed by atoms with Gasteiger partial charge in [-0.2, -0.15) is 0 Å². The lowest BCUT2D eigenvalue weighted by Crippen LogP contribution is -2.25. The molecule has 1 amide bonds. The number of hydrogen-bond acceptors (Lipinski definition) is 4. The van der Waals surface area contributed by atoms with E-state index in [4.69, 9.17) is 19.9 Å². The van der Waals surface area contributed by atoms with E-state index >= 15 is 0 Å². The van der Waals surface area contributed by atoms with Crippen LogP contribution in [0.2, 0.25) is 0 Å². The third-order valence-corrected chi connectivity index (χ3v) is 2.91. The van der Waals surface area contributed by atoms with Gasteiger partial charge in [0, 0.05) is 18.9 Å². The molecule has 2 rings (SSSR count). The van der Waals surface area contributed by atoms with Crippen molar-refractivity contribution in [1.82, 2.24) is 0 Å². The van der Waals surface area contributed by atoms with Crippen LogP contribution in [0.15, 0.2) is 18.2 Å². The molecule has 0 aliphatic carbocycles. The average molecular weight is 251 g/mol. The van der Waals surface area contributed by atoms with Crippen molar-refractivity contribution in [2.75, 3.05) is 20.3 Å². The van der Waals surface area contributed by atoms with Crippen molar-refractivity contribution in [1.29, 1.82) is 0 Å². The van der Waals surface area contributed by atoms with Crippen molar-refractivity contribution in [2.24, 2.45) is 5.73 Å². The summed E-state index contributed by atoms with van der Waals surface area (Å²) < 4.78 is 16.2. The van der Waals surface area contributed by atoms with Crippen LogP contribution < -0.4 is 15.2 Å². The number of benzene rings is 1. The number of hydrogen-bond donors (Lipinski definition) is 1. The summed E-state index contributed by atoms with van der Waals surface area (Å²) in [4.78, 5) is 11.2. The van der Waals surface area contributed by atoms with E-state index in [0.717, 1.165) is 26.1 Å². The van der Waals surface area contributed by atoms with Crippen molar-refractivity contribution >= 4 is 5.91 Å². The zero-order valence-corrected chi connectivity index (χ0v) is 10.3. The van der Waals surface area contributed by atoms with E-state index in [0.29, 0.717) is 17.1 Å². The normalized spacial score (nSPS) is 16.3. The molecule has 1 aromatic rings. The fraction of sp³-hybridized carbons (Fsp3) is 0.462. The molecule has 0 bridgehead atoms. The molecule has 18 heavy (non-hydrogen) atoms. The molecule has 0 unspecified atom stereocenters. The van der Waals surface area contributed by atoms with E-state index in [1.807, 2.05) is 0 Å². The number of amides is 1. The van der Waals surface area contributed by atoms with Gasteiger partial charge in [-0.25, -0.2) is 0 Å². The summed E-state index contributed by atoms with van der Waals surface area (Å²) in [5.41, 5.74) is 5.61. The summed E-state index contributed by atoms with van der Waals surface area (Å²) in [5, 5.41) is 0. The van der Waals surface area contributed by atoms with Gasteiger partial charge in [-0.05, 0) is 12.1 Å². The highest BCUT2D eigenvalue weighted by molar-refractivity contribution is 5.95. The third kappa shape index (κ3) is 2.92. The molecule has 0 saturated carbocycles. The van der Waals surface area contributed by atoms with Gasteiger partial charge in [-0.1, -0.05) is 0 Å². The minimum atomic E-state index is -0.510. The molecule has 2 N–H and O–H groups in total.